The first-order chi connectivity index (χ1) is 8.60. The van der Waals surface area contributed by atoms with Gasteiger partial charge in [0, 0.05) is 11.7 Å². The van der Waals surface area contributed by atoms with Gasteiger partial charge in [0.05, 0.1) is 6.54 Å². The van der Waals surface area contributed by atoms with Gasteiger partial charge in [0.15, 0.2) is 0 Å². The second-order valence-electron chi connectivity index (χ2n) is 4.94. The lowest BCUT2D eigenvalue weighted by atomic mass is 10.1. The van der Waals surface area contributed by atoms with Crippen LogP contribution >= 0.6 is 11.6 Å². The molecule has 6 nitrogen and oxygen atoms in total. The Morgan fingerprint density at radius 1 is 1.37 bits per heavy atom. The van der Waals surface area contributed by atoms with Gasteiger partial charge in [-0.15, -0.1) is 0 Å². The molecule has 0 aliphatic rings. The van der Waals surface area contributed by atoms with Crippen LogP contribution in [0.1, 0.15) is 20.8 Å². The summed E-state index contributed by atoms with van der Waals surface area (Å²) in [6.07, 6.45) is 1.13. The predicted octanol–water partition coefficient (Wildman–Crippen LogP) is 0.928. The van der Waals surface area contributed by atoms with Crippen LogP contribution < -0.4 is 10.0 Å². The number of nitrogens with one attached hydrogen (secondary N) is 2. The fourth-order valence-electron chi connectivity index (χ4n) is 1.23. The first-order valence-electron chi connectivity index (χ1n) is 5.52. The standard InChI is InChI=1S/C11H16ClN3O3S/c1-11(2,3)15-10(16)7-14-19(17,18)8-4-5-9(12)13-6-8/h4-6,14H,7H2,1-3H3,(H,15,16). The molecule has 2 N–H and O–H groups in total. The largest absolute Gasteiger partial charge is 0.350 e. The highest BCUT2D eigenvalue weighted by molar-refractivity contribution is 7.89. The zero-order valence-corrected chi connectivity index (χ0v) is 12.5. The number of nitrogens with zero attached hydrogens (tertiary/aromatic N) is 1. The van der Waals surface area contributed by atoms with Gasteiger partial charge < -0.3 is 5.32 Å². The molecule has 106 valence electrons. The topological polar surface area (TPSA) is 88.2 Å². The Balaban J connectivity index is 2.66. The van der Waals surface area contributed by atoms with Gasteiger partial charge in [-0.05, 0) is 32.9 Å². The number of pyridine rings is 1. The number of aromatic nitrogens is 1. The molecule has 1 amide bonds. The van der Waals surface area contributed by atoms with E-state index in [0.717, 1.165) is 6.20 Å². The minimum atomic E-state index is -3.76. The first-order valence-corrected chi connectivity index (χ1v) is 7.38. The molecule has 0 unspecified atom stereocenters. The van der Waals surface area contributed by atoms with Gasteiger partial charge in [-0.1, -0.05) is 11.6 Å². The van der Waals surface area contributed by atoms with Crippen molar-refractivity contribution < 1.29 is 13.2 Å². The van der Waals surface area contributed by atoms with Crippen molar-refractivity contribution in [3.05, 3.63) is 23.5 Å². The minimum Gasteiger partial charge on any atom is -0.350 e. The molecule has 1 aromatic rings. The predicted molar refractivity (Wildman–Crippen MR) is 72.3 cm³/mol. The molecule has 0 fully saturated rings. The molecule has 1 rings (SSSR count). The summed E-state index contributed by atoms with van der Waals surface area (Å²) in [6, 6.07) is 2.69. The Kier molecular flexibility index (Phi) is 4.89. The van der Waals surface area contributed by atoms with Gasteiger partial charge in [-0.3, -0.25) is 4.79 Å². The SMILES string of the molecule is CC(C)(C)NC(=O)CNS(=O)(=O)c1ccc(Cl)nc1. The van der Waals surface area contributed by atoms with Crippen LogP contribution in [-0.2, 0) is 14.8 Å². The second kappa shape index (κ2) is 5.85. The van der Waals surface area contributed by atoms with Crippen molar-refractivity contribution in [1.29, 1.82) is 0 Å². The van der Waals surface area contributed by atoms with Gasteiger partial charge in [-0.25, -0.2) is 18.1 Å². The van der Waals surface area contributed by atoms with Gasteiger partial charge in [-0.2, -0.15) is 0 Å². The van der Waals surface area contributed by atoms with Gasteiger partial charge in [0.25, 0.3) is 0 Å². The van der Waals surface area contributed by atoms with Crippen molar-refractivity contribution in [2.45, 2.75) is 31.2 Å². The van der Waals surface area contributed by atoms with Gasteiger partial charge in [0.1, 0.15) is 10.0 Å². The number of carbonyl (C=O) groups excluding carboxylic acids is 1. The van der Waals surface area contributed by atoms with E-state index in [4.69, 9.17) is 11.6 Å². The van der Waals surface area contributed by atoms with Crippen molar-refractivity contribution in [2.75, 3.05) is 6.54 Å². The monoisotopic (exact) mass is 305 g/mol. The number of rotatable bonds is 4. The molecule has 19 heavy (non-hydrogen) atoms. The smallest absolute Gasteiger partial charge is 0.242 e. The van der Waals surface area contributed by atoms with Crippen molar-refractivity contribution in [3.8, 4) is 0 Å². The van der Waals surface area contributed by atoms with E-state index in [2.05, 4.69) is 15.0 Å². The van der Waals surface area contributed by atoms with E-state index in [1.807, 2.05) is 20.8 Å². The molecule has 0 bridgehead atoms. The van der Waals surface area contributed by atoms with Crippen LogP contribution in [0.2, 0.25) is 5.15 Å². The van der Waals surface area contributed by atoms with Crippen LogP contribution in [0.4, 0.5) is 0 Å². The Morgan fingerprint density at radius 2 is 2.00 bits per heavy atom. The van der Waals surface area contributed by atoms with Crippen LogP contribution in [0.15, 0.2) is 23.2 Å². The molecule has 0 aromatic carbocycles. The molecule has 0 saturated heterocycles. The van der Waals surface area contributed by atoms with Crippen LogP contribution in [0.3, 0.4) is 0 Å². The average molecular weight is 306 g/mol. The van der Waals surface area contributed by atoms with Crippen molar-refractivity contribution in [2.24, 2.45) is 0 Å². The fourth-order valence-corrected chi connectivity index (χ4v) is 2.27. The molecular formula is C11H16ClN3O3S. The summed E-state index contributed by atoms with van der Waals surface area (Å²) in [6.45, 7) is 5.09. The summed E-state index contributed by atoms with van der Waals surface area (Å²) in [5, 5.41) is 2.85. The lowest BCUT2D eigenvalue weighted by molar-refractivity contribution is -0.121. The molecule has 0 saturated carbocycles. The Morgan fingerprint density at radius 3 is 2.47 bits per heavy atom. The second-order valence-corrected chi connectivity index (χ2v) is 7.09. The first kappa shape index (κ1) is 15.9. The quantitative estimate of drug-likeness (QED) is 0.810. The summed E-state index contributed by atoms with van der Waals surface area (Å²) in [7, 11) is -3.76. The molecule has 0 aliphatic carbocycles. The Bertz CT molecular complexity index is 550. The van der Waals surface area contributed by atoms with Crippen molar-refractivity contribution in [3.63, 3.8) is 0 Å². The summed E-state index contributed by atoms with van der Waals surface area (Å²) < 4.78 is 25.9. The van der Waals surface area contributed by atoms with E-state index >= 15 is 0 Å². The normalized spacial score (nSPS) is 12.2. The Hall–Kier alpha value is -1.18. The fraction of sp³-hybridized carbons (Fsp3) is 0.455. The number of hydrogen-bond donors (Lipinski definition) is 2. The van der Waals surface area contributed by atoms with E-state index < -0.39 is 21.5 Å². The average Bonchev–Trinajstić information content (AvgIpc) is 2.25. The van der Waals surface area contributed by atoms with Gasteiger partial charge >= 0.3 is 0 Å². The Labute approximate surface area is 117 Å². The summed E-state index contributed by atoms with van der Waals surface area (Å²) in [5.74, 6) is -0.405. The number of sulfonamides is 1. The third-order valence-corrected chi connectivity index (χ3v) is 3.56. The summed E-state index contributed by atoms with van der Waals surface area (Å²) in [4.78, 5) is 15.2. The number of carbonyl (C=O) groups is 1. The molecule has 8 heteroatoms. The zero-order valence-electron chi connectivity index (χ0n) is 10.9. The maximum Gasteiger partial charge on any atom is 0.242 e. The highest BCUT2D eigenvalue weighted by Crippen LogP contribution is 2.10. The molecule has 0 aliphatic heterocycles. The van der Waals surface area contributed by atoms with Crippen LogP contribution in [-0.4, -0.2) is 31.4 Å². The highest BCUT2D eigenvalue weighted by atomic mass is 35.5. The third kappa shape index (κ3) is 5.54. The van der Waals surface area contributed by atoms with E-state index in [9.17, 15) is 13.2 Å². The molecule has 0 atom stereocenters. The number of amides is 1. The highest BCUT2D eigenvalue weighted by Gasteiger charge is 2.18. The summed E-state index contributed by atoms with van der Waals surface area (Å²) >= 11 is 5.57. The van der Waals surface area contributed by atoms with Crippen molar-refractivity contribution in [1.82, 2.24) is 15.0 Å². The molecule has 0 spiro atoms. The lowest BCUT2D eigenvalue weighted by Gasteiger charge is -2.20. The molecule has 0 radical (unpaired) electrons. The number of halogens is 1. The van der Waals surface area contributed by atoms with Crippen molar-refractivity contribution >= 4 is 27.5 Å². The summed E-state index contributed by atoms with van der Waals surface area (Å²) in [5.41, 5.74) is -0.412. The third-order valence-electron chi connectivity index (χ3n) is 1.95. The maximum absolute atomic E-state index is 11.8. The van der Waals surface area contributed by atoms with E-state index in [0.29, 0.717) is 0 Å². The minimum absolute atomic E-state index is 0.0412. The van der Waals surface area contributed by atoms with Gasteiger partial charge in [0.2, 0.25) is 15.9 Å². The van der Waals surface area contributed by atoms with Crippen LogP contribution in [0.5, 0.6) is 0 Å². The molecule has 1 heterocycles. The van der Waals surface area contributed by atoms with E-state index in [1.54, 1.807) is 0 Å². The van der Waals surface area contributed by atoms with E-state index in [-0.39, 0.29) is 16.6 Å². The molecule has 1 aromatic heterocycles. The van der Waals surface area contributed by atoms with E-state index in [1.165, 1.54) is 12.1 Å². The maximum atomic E-state index is 11.8. The lowest BCUT2D eigenvalue weighted by Crippen LogP contribution is -2.45. The zero-order chi connectivity index (χ0) is 14.7. The number of hydrogen-bond acceptors (Lipinski definition) is 4. The van der Waals surface area contributed by atoms with Crippen LogP contribution in [0.25, 0.3) is 0 Å². The van der Waals surface area contributed by atoms with Crippen LogP contribution in [0, 0.1) is 0 Å². The molecular weight excluding hydrogens is 290 g/mol.